The number of hydrogen-bond donors (Lipinski definition) is 0. The second-order valence-corrected chi connectivity index (χ2v) is 8.84. The number of aryl methyl sites for hydroxylation is 1. The lowest BCUT2D eigenvalue weighted by Gasteiger charge is -2.37. The number of sulfonamides is 1. The van der Waals surface area contributed by atoms with Gasteiger partial charge in [0.1, 0.15) is 0 Å². The molecule has 0 radical (unpaired) electrons. The smallest absolute Gasteiger partial charge is 0.207 e. The van der Waals surface area contributed by atoms with Crippen LogP contribution >= 0.6 is 11.6 Å². The summed E-state index contributed by atoms with van der Waals surface area (Å²) in [5, 5.41) is 0.0817. The molecule has 0 aromatic heterocycles. The topological polar surface area (TPSA) is 37.4 Å². The first-order valence-electron chi connectivity index (χ1n) is 7.53. The zero-order chi connectivity index (χ0) is 15.6. The Morgan fingerprint density at radius 3 is 2.48 bits per heavy atom. The molecule has 1 fully saturated rings. The Kier molecular flexibility index (Phi) is 5.33. The van der Waals surface area contributed by atoms with Crippen molar-refractivity contribution in [3.8, 4) is 0 Å². The Labute approximate surface area is 133 Å². The highest BCUT2D eigenvalue weighted by molar-refractivity contribution is 7.89. The third kappa shape index (κ3) is 3.99. The predicted molar refractivity (Wildman–Crippen MR) is 87.2 cm³/mol. The van der Waals surface area contributed by atoms with Gasteiger partial charge < -0.3 is 0 Å². The SMILES string of the molecule is Cc1ccc(S(=O)(=O)N2CC[C@@H](Cl)C[C@@H]2CC(C)C)cc1. The normalized spacial score (nSPS) is 24.4. The van der Waals surface area contributed by atoms with E-state index in [2.05, 4.69) is 13.8 Å². The molecule has 1 aliphatic rings. The Bertz CT molecular complexity index is 566. The van der Waals surface area contributed by atoms with Crippen LogP contribution < -0.4 is 0 Å². The summed E-state index contributed by atoms with van der Waals surface area (Å²) in [7, 11) is -3.42. The van der Waals surface area contributed by atoms with Gasteiger partial charge in [0.2, 0.25) is 10.0 Å². The molecule has 2 atom stereocenters. The van der Waals surface area contributed by atoms with Crippen LogP contribution in [0.2, 0.25) is 0 Å². The Balaban J connectivity index is 2.29. The second-order valence-electron chi connectivity index (χ2n) is 6.33. The maximum Gasteiger partial charge on any atom is 0.243 e. The Morgan fingerprint density at radius 1 is 1.29 bits per heavy atom. The van der Waals surface area contributed by atoms with Crippen LogP contribution in [0, 0.1) is 12.8 Å². The fourth-order valence-corrected chi connectivity index (χ4v) is 4.87. The van der Waals surface area contributed by atoms with E-state index in [1.54, 1.807) is 16.4 Å². The minimum absolute atomic E-state index is 0.00699. The number of halogens is 1. The van der Waals surface area contributed by atoms with Gasteiger partial charge in [-0.25, -0.2) is 8.42 Å². The number of piperidine rings is 1. The fraction of sp³-hybridized carbons (Fsp3) is 0.625. The van der Waals surface area contributed by atoms with E-state index in [0.717, 1.165) is 24.8 Å². The molecule has 5 heteroatoms. The molecule has 0 N–H and O–H groups in total. The molecule has 0 unspecified atom stereocenters. The minimum atomic E-state index is -3.42. The summed E-state index contributed by atoms with van der Waals surface area (Å²) in [4.78, 5) is 0.384. The molecule has 0 amide bonds. The van der Waals surface area contributed by atoms with Gasteiger partial charge in [0, 0.05) is 18.0 Å². The van der Waals surface area contributed by atoms with Gasteiger partial charge in [-0.15, -0.1) is 11.6 Å². The van der Waals surface area contributed by atoms with Crippen molar-refractivity contribution < 1.29 is 8.42 Å². The lowest BCUT2D eigenvalue weighted by atomic mass is 9.96. The van der Waals surface area contributed by atoms with Crippen molar-refractivity contribution in [2.24, 2.45) is 5.92 Å². The molecule has 0 saturated carbocycles. The van der Waals surface area contributed by atoms with E-state index in [1.165, 1.54) is 0 Å². The highest BCUT2D eigenvalue weighted by Crippen LogP contribution is 2.31. The van der Waals surface area contributed by atoms with Gasteiger partial charge in [0.25, 0.3) is 0 Å². The quantitative estimate of drug-likeness (QED) is 0.788. The van der Waals surface area contributed by atoms with E-state index in [1.807, 2.05) is 19.1 Å². The van der Waals surface area contributed by atoms with E-state index in [0.29, 0.717) is 17.4 Å². The van der Waals surface area contributed by atoms with E-state index in [9.17, 15) is 8.42 Å². The van der Waals surface area contributed by atoms with Crippen LogP contribution in [0.25, 0.3) is 0 Å². The second kappa shape index (κ2) is 6.67. The van der Waals surface area contributed by atoms with Crippen LogP contribution in [-0.4, -0.2) is 30.7 Å². The summed E-state index contributed by atoms with van der Waals surface area (Å²) in [6, 6.07) is 7.10. The van der Waals surface area contributed by atoms with Gasteiger partial charge in [-0.3, -0.25) is 0 Å². The largest absolute Gasteiger partial charge is 0.243 e. The zero-order valence-corrected chi connectivity index (χ0v) is 14.5. The molecule has 1 aromatic carbocycles. The molecule has 0 spiro atoms. The van der Waals surface area contributed by atoms with Gasteiger partial charge in [0.15, 0.2) is 0 Å². The minimum Gasteiger partial charge on any atom is -0.207 e. The molecule has 1 aromatic rings. The van der Waals surface area contributed by atoms with Gasteiger partial charge in [0.05, 0.1) is 4.90 Å². The fourth-order valence-electron chi connectivity index (χ4n) is 2.90. The molecule has 0 aliphatic carbocycles. The highest BCUT2D eigenvalue weighted by Gasteiger charge is 2.36. The van der Waals surface area contributed by atoms with E-state index in [-0.39, 0.29) is 11.4 Å². The van der Waals surface area contributed by atoms with Crippen LogP contribution in [0.15, 0.2) is 29.2 Å². The van der Waals surface area contributed by atoms with Gasteiger partial charge in [-0.1, -0.05) is 31.5 Å². The van der Waals surface area contributed by atoms with Crippen molar-refractivity contribution in [1.82, 2.24) is 4.31 Å². The standard InChI is InChI=1S/C16H24ClNO2S/c1-12(2)10-15-11-14(17)8-9-18(15)21(19,20)16-6-4-13(3)5-7-16/h4-7,12,14-15H,8-11H2,1-3H3/t14-,15+/m1/s1. The molecule has 3 nitrogen and oxygen atoms in total. The van der Waals surface area contributed by atoms with Crippen molar-refractivity contribution in [3.63, 3.8) is 0 Å². The van der Waals surface area contributed by atoms with E-state index < -0.39 is 10.0 Å². The molecule has 118 valence electrons. The number of rotatable bonds is 4. The summed E-state index contributed by atoms with van der Waals surface area (Å²) >= 11 is 6.26. The maximum atomic E-state index is 12.9. The first-order chi connectivity index (χ1) is 9.80. The predicted octanol–water partition coefficient (Wildman–Crippen LogP) is 3.80. The Hall–Kier alpha value is -0.580. The van der Waals surface area contributed by atoms with Crippen molar-refractivity contribution in [2.75, 3.05) is 6.54 Å². The monoisotopic (exact) mass is 329 g/mol. The third-order valence-electron chi connectivity index (χ3n) is 3.97. The van der Waals surface area contributed by atoms with Crippen molar-refractivity contribution >= 4 is 21.6 Å². The maximum absolute atomic E-state index is 12.9. The van der Waals surface area contributed by atoms with Crippen LogP contribution in [0.3, 0.4) is 0 Å². The lowest BCUT2D eigenvalue weighted by molar-refractivity contribution is 0.226. The molecule has 1 heterocycles. The molecular weight excluding hydrogens is 306 g/mol. The van der Waals surface area contributed by atoms with Gasteiger partial charge >= 0.3 is 0 Å². The highest BCUT2D eigenvalue weighted by atomic mass is 35.5. The molecule has 2 rings (SSSR count). The summed E-state index contributed by atoms with van der Waals surface area (Å²) in [6.07, 6.45) is 2.32. The summed E-state index contributed by atoms with van der Waals surface area (Å²) in [5.74, 6) is 0.452. The number of alkyl halides is 1. The van der Waals surface area contributed by atoms with E-state index in [4.69, 9.17) is 11.6 Å². The average Bonchev–Trinajstić information content (AvgIpc) is 2.38. The molecule has 0 bridgehead atoms. The summed E-state index contributed by atoms with van der Waals surface area (Å²) < 4.78 is 27.4. The number of nitrogens with zero attached hydrogens (tertiary/aromatic N) is 1. The summed E-state index contributed by atoms with van der Waals surface area (Å²) in [6.45, 7) is 6.71. The molecule has 1 aliphatic heterocycles. The lowest BCUT2D eigenvalue weighted by Crippen LogP contribution is -2.47. The van der Waals surface area contributed by atoms with E-state index >= 15 is 0 Å². The van der Waals surface area contributed by atoms with Crippen LogP contribution in [0.1, 0.15) is 38.7 Å². The number of hydrogen-bond acceptors (Lipinski definition) is 2. The van der Waals surface area contributed by atoms with Crippen LogP contribution in [0.4, 0.5) is 0 Å². The van der Waals surface area contributed by atoms with Crippen molar-refractivity contribution in [2.45, 2.75) is 56.3 Å². The van der Waals surface area contributed by atoms with Crippen molar-refractivity contribution in [1.29, 1.82) is 0 Å². The van der Waals surface area contributed by atoms with Crippen LogP contribution in [-0.2, 0) is 10.0 Å². The third-order valence-corrected chi connectivity index (χ3v) is 6.33. The first kappa shape index (κ1) is 16.8. The number of benzene rings is 1. The summed E-state index contributed by atoms with van der Waals surface area (Å²) in [5.41, 5.74) is 1.06. The van der Waals surface area contributed by atoms with Crippen LogP contribution in [0.5, 0.6) is 0 Å². The van der Waals surface area contributed by atoms with Crippen molar-refractivity contribution in [3.05, 3.63) is 29.8 Å². The Morgan fingerprint density at radius 2 is 1.90 bits per heavy atom. The van der Waals surface area contributed by atoms with Gasteiger partial charge in [-0.05, 0) is 44.2 Å². The first-order valence-corrected chi connectivity index (χ1v) is 9.41. The van der Waals surface area contributed by atoms with Gasteiger partial charge in [-0.2, -0.15) is 4.31 Å². The molecule has 1 saturated heterocycles. The molecule has 21 heavy (non-hydrogen) atoms. The average molecular weight is 330 g/mol. The zero-order valence-electron chi connectivity index (χ0n) is 12.9. The molecular formula is C16H24ClNO2S.